The van der Waals surface area contributed by atoms with Crippen molar-refractivity contribution in [1.82, 2.24) is 9.97 Å². The fourth-order valence-corrected chi connectivity index (χ4v) is 2.86. The highest BCUT2D eigenvalue weighted by atomic mass is 79.9. The molecule has 0 spiro atoms. The van der Waals surface area contributed by atoms with Crippen LogP contribution in [0, 0.1) is 5.92 Å². The first-order valence-electron chi connectivity index (χ1n) is 4.31. The lowest BCUT2D eigenvalue weighted by Gasteiger charge is -2.09. The number of thioether (sulfide) groups is 1. The van der Waals surface area contributed by atoms with E-state index in [4.69, 9.17) is 0 Å². The lowest BCUT2D eigenvalue weighted by Crippen LogP contribution is -2.03. The Labute approximate surface area is 91.7 Å². The van der Waals surface area contributed by atoms with Gasteiger partial charge in [-0.05, 0) is 5.92 Å². The second-order valence-electron chi connectivity index (χ2n) is 2.78. The number of aromatic nitrogens is 2. The molecule has 1 unspecified atom stereocenters. The van der Waals surface area contributed by atoms with Crippen molar-refractivity contribution in [3.63, 3.8) is 0 Å². The van der Waals surface area contributed by atoms with Gasteiger partial charge in [0.15, 0.2) is 0 Å². The highest BCUT2D eigenvalue weighted by molar-refractivity contribution is 9.09. The van der Waals surface area contributed by atoms with Crippen molar-refractivity contribution < 1.29 is 0 Å². The minimum atomic E-state index is 0.729. The van der Waals surface area contributed by atoms with E-state index in [0.717, 1.165) is 22.0 Å². The van der Waals surface area contributed by atoms with E-state index in [-0.39, 0.29) is 0 Å². The molecule has 0 radical (unpaired) electrons. The Kier molecular flexibility index (Phi) is 5.39. The zero-order chi connectivity index (χ0) is 9.52. The van der Waals surface area contributed by atoms with Gasteiger partial charge < -0.3 is 0 Å². The first-order valence-corrected chi connectivity index (χ1v) is 6.42. The predicted octanol–water partition coefficient (Wildman–Crippen LogP) is 2.99. The van der Waals surface area contributed by atoms with E-state index < -0.39 is 0 Å². The normalized spacial score (nSPS) is 12.8. The average Bonchev–Trinajstić information content (AvgIpc) is 2.21. The third-order valence-electron chi connectivity index (χ3n) is 1.80. The van der Waals surface area contributed by atoms with Crippen molar-refractivity contribution in [2.75, 3.05) is 11.1 Å². The maximum absolute atomic E-state index is 4.20. The largest absolute Gasteiger partial charge is 0.260 e. The van der Waals surface area contributed by atoms with Crippen LogP contribution in [0.3, 0.4) is 0 Å². The zero-order valence-electron chi connectivity index (χ0n) is 7.61. The second-order valence-corrected chi connectivity index (χ2v) is 4.47. The summed E-state index contributed by atoms with van der Waals surface area (Å²) in [6, 6.07) is 0. The van der Waals surface area contributed by atoms with E-state index in [9.17, 15) is 0 Å². The Morgan fingerprint density at radius 1 is 1.54 bits per heavy atom. The Hall–Kier alpha value is -0.0900. The smallest absolute Gasteiger partial charge is 0.114 e. The summed E-state index contributed by atoms with van der Waals surface area (Å²) in [7, 11) is 0. The standard InChI is InChI=1S/C9H13BrN2S/c1-2-8(5-10)7-13-9-6-11-3-4-12-9/h3-4,6,8H,2,5,7H2,1H3. The molecule has 1 aromatic heterocycles. The number of halogens is 1. The second kappa shape index (κ2) is 6.38. The summed E-state index contributed by atoms with van der Waals surface area (Å²) >= 11 is 5.27. The van der Waals surface area contributed by atoms with Crippen molar-refractivity contribution in [3.05, 3.63) is 18.6 Å². The maximum Gasteiger partial charge on any atom is 0.114 e. The third kappa shape index (κ3) is 4.09. The summed E-state index contributed by atoms with van der Waals surface area (Å²) in [6.45, 7) is 2.21. The number of hydrogen-bond acceptors (Lipinski definition) is 3. The lowest BCUT2D eigenvalue weighted by atomic mass is 10.2. The summed E-state index contributed by atoms with van der Waals surface area (Å²) in [6.07, 6.45) is 6.45. The van der Waals surface area contributed by atoms with Crippen molar-refractivity contribution in [3.8, 4) is 0 Å². The first kappa shape index (κ1) is 11.0. The molecule has 0 fully saturated rings. The Morgan fingerprint density at radius 3 is 2.92 bits per heavy atom. The van der Waals surface area contributed by atoms with Crippen LogP contribution in [0.4, 0.5) is 0 Å². The van der Waals surface area contributed by atoms with Crippen LogP contribution in [-0.4, -0.2) is 21.1 Å². The van der Waals surface area contributed by atoms with Gasteiger partial charge in [-0.25, -0.2) is 4.98 Å². The SMILES string of the molecule is CCC(CBr)CSc1cnccn1. The van der Waals surface area contributed by atoms with Gasteiger partial charge in [-0.2, -0.15) is 0 Å². The van der Waals surface area contributed by atoms with E-state index >= 15 is 0 Å². The molecule has 4 heteroatoms. The summed E-state index contributed by atoms with van der Waals surface area (Å²) in [5.41, 5.74) is 0. The summed E-state index contributed by atoms with van der Waals surface area (Å²) in [5, 5.41) is 2.08. The first-order chi connectivity index (χ1) is 6.36. The van der Waals surface area contributed by atoms with Crippen LogP contribution in [0.2, 0.25) is 0 Å². The predicted molar refractivity (Wildman–Crippen MR) is 60.3 cm³/mol. The quantitative estimate of drug-likeness (QED) is 0.602. The van der Waals surface area contributed by atoms with Crippen LogP contribution in [0.1, 0.15) is 13.3 Å². The van der Waals surface area contributed by atoms with Crippen LogP contribution >= 0.6 is 27.7 Å². The van der Waals surface area contributed by atoms with Crippen LogP contribution in [0.15, 0.2) is 23.6 Å². The maximum atomic E-state index is 4.20. The van der Waals surface area contributed by atoms with E-state index in [0.29, 0.717) is 0 Å². The van der Waals surface area contributed by atoms with Crippen LogP contribution < -0.4 is 0 Å². The zero-order valence-corrected chi connectivity index (χ0v) is 10.0. The monoisotopic (exact) mass is 260 g/mol. The van der Waals surface area contributed by atoms with Gasteiger partial charge in [-0.3, -0.25) is 4.98 Å². The topological polar surface area (TPSA) is 25.8 Å². The van der Waals surface area contributed by atoms with E-state index in [2.05, 4.69) is 32.8 Å². The fourth-order valence-electron chi connectivity index (χ4n) is 0.835. The van der Waals surface area contributed by atoms with Crippen molar-refractivity contribution in [2.24, 2.45) is 5.92 Å². The Bertz CT molecular complexity index is 226. The highest BCUT2D eigenvalue weighted by Crippen LogP contribution is 2.20. The molecular formula is C9H13BrN2S. The molecule has 13 heavy (non-hydrogen) atoms. The van der Waals surface area contributed by atoms with Crippen LogP contribution in [0.25, 0.3) is 0 Å². The molecule has 0 saturated heterocycles. The molecule has 0 aromatic carbocycles. The molecule has 0 aliphatic rings. The molecule has 0 saturated carbocycles. The van der Waals surface area contributed by atoms with Gasteiger partial charge in [0.25, 0.3) is 0 Å². The molecule has 1 heterocycles. The molecular weight excluding hydrogens is 248 g/mol. The molecule has 72 valence electrons. The van der Waals surface area contributed by atoms with Gasteiger partial charge in [0.2, 0.25) is 0 Å². The lowest BCUT2D eigenvalue weighted by molar-refractivity contribution is 0.651. The molecule has 2 nitrogen and oxygen atoms in total. The fraction of sp³-hybridized carbons (Fsp3) is 0.556. The molecule has 0 bridgehead atoms. The molecule has 0 aliphatic heterocycles. The highest BCUT2D eigenvalue weighted by Gasteiger charge is 2.05. The van der Waals surface area contributed by atoms with Crippen molar-refractivity contribution in [2.45, 2.75) is 18.4 Å². The number of hydrogen-bond donors (Lipinski definition) is 0. The van der Waals surface area contributed by atoms with E-state index in [1.54, 1.807) is 24.2 Å². The van der Waals surface area contributed by atoms with Crippen LogP contribution in [-0.2, 0) is 0 Å². The average molecular weight is 261 g/mol. The summed E-state index contributed by atoms with van der Waals surface area (Å²) in [5.74, 6) is 1.84. The molecule has 0 N–H and O–H groups in total. The van der Waals surface area contributed by atoms with Crippen molar-refractivity contribution in [1.29, 1.82) is 0 Å². The minimum Gasteiger partial charge on any atom is -0.260 e. The molecule has 1 rings (SSSR count). The van der Waals surface area contributed by atoms with Gasteiger partial charge in [-0.1, -0.05) is 29.3 Å². The molecule has 1 aromatic rings. The third-order valence-corrected chi connectivity index (χ3v) is 3.86. The van der Waals surface area contributed by atoms with Gasteiger partial charge in [0.05, 0.1) is 6.20 Å². The van der Waals surface area contributed by atoms with Crippen molar-refractivity contribution >= 4 is 27.7 Å². The Balaban J connectivity index is 2.34. The van der Waals surface area contributed by atoms with Gasteiger partial charge in [-0.15, -0.1) is 11.8 Å². The number of nitrogens with zero attached hydrogens (tertiary/aromatic N) is 2. The summed E-state index contributed by atoms with van der Waals surface area (Å²) < 4.78 is 0. The van der Waals surface area contributed by atoms with E-state index in [1.165, 1.54) is 6.42 Å². The number of alkyl halides is 1. The molecule has 0 amide bonds. The minimum absolute atomic E-state index is 0.729. The van der Waals surface area contributed by atoms with Gasteiger partial charge >= 0.3 is 0 Å². The number of rotatable bonds is 5. The molecule has 1 atom stereocenters. The van der Waals surface area contributed by atoms with Gasteiger partial charge in [0, 0.05) is 23.5 Å². The van der Waals surface area contributed by atoms with E-state index in [1.807, 2.05) is 6.20 Å². The Morgan fingerprint density at radius 2 is 2.38 bits per heavy atom. The summed E-state index contributed by atoms with van der Waals surface area (Å²) in [4.78, 5) is 8.22. The van der Waals surface area contributed by atoms with Gasteiger partial charge in [0.1, 0.15) is 5.03 Å². The van der Waals surface area contributed by atoms with Crippen LogP contribution in [0.5, 0.6) is 0 Å². The molecule has 0 aliphatic carbocycles.